The van der Waals surface area contributed by atoms with Crippen molar-refractivity contribution in [3.63, 3.8) is 0 Å². The molecule has 10 heteroatoms. The molecular formula is C19H26N4O5S. The molecule has 29 heavy (non-hydrogen) atoms. The fourth-order valence-electron chi connectivity index (χ4n) is 2.82. The highest BCUT2D eigenvalue weighted by Crippen LogP contribution is 2.19. The summed E-state index contributed by atoms with van der Waals surface area (Å²) in [6.45, 7) is 7.34. The van der Waals surface area contributed by atoms with Gasteiger partial charge in [-0.2, -0.15) is 9.40 Å². The maximum absolute atomic E-state index is 12.5. The van der Waals surface area contributed by atoms with Gasteiger partial charge in [-0.3, -0.25) is 9.48 Å². The van der Waals surface area contributed by atoms with E-state index in [1.807, 2.05) is 6.92 Å². The maximum Gasteiger partial charge on any atom is 0.338 e. The Hall–Kier alpha value is -2.72. The van der Waals surface area contributed by atoms with Crippen LogP contribution in [0.5, 0.6) is 0 Å². The molecule has 0 aliphatic carbocycles. The zero-order valence-electron chi connectivity index (χ0n) is 17.2. The van der Waals surface area contributed by atoms with Crippen LogP contribution >= 0.6 is 0 Å². The second-order valence-corrected chi connectivity index (χ2v) is 8.35. The van der Waals surface area contributed by atoms with Gasteiger partial charge in [-0.1, -0.05) is 13.8 Å². The lowest BCUT2D eigenvalue weighted by molar-refractivity contribution is -0.119. The number of carbonyl (C=O) groups is 2. The number of hydrogen-bond donors (Lipinski definition) is 1. The smallest absolute Gasteiger partial charge is 0.338 e. The van der Waals surface area contributed by atoms with E-state index in [0.29, 0.717) is 24.5 Å². The fourth-order valence-corrected chi connectivity index (χ4v) is 4.28. The number of nitrogens with one attached hydrogen (secondary N) is 1. The quantitative estimate of drug-likeness (QED) is 0.650. The van der Waals surface area contributed by atoms with E-state index in [1.165, 1.54) is 28.6 Å². The van der Waals surface area contributed by atoms with Crippen LogP contribution in [0.15, 0.2) is 29.2 Å². The molecule has 1 amide bonds. The molecule has 0 aliphatic heterocycles. The first-order valence-electron chi connectivity index (χ1n) is 9.19. The van der Waals surface area contributed by atoms with Crippen LogP contribution in [0.4, 0.5) is 5.69 Å². The van der Waals surface area contributed by atoms with Crippen molar-refractivity contribution in [2.24, 2.45) is 7.05 Å². The van der Waals surface area contributed by atoms with Crippen LogP contribution in [0.1, 0.15) is 35.6 Å². The molecule has 0 saturated carbocycles. The van der Waals surface area contributed by atoms with Crippen molar-refractivity contribution in [1.29, 1.82) is 0 Å². The molecule has 0 radical (unpaired) electrons. The maximum atomic E-state index is 12.5. The number of hydrogen-bond acceptors (Lipinski definition) is 6. The summed E-state index contributed by atoms with van der Waals surface area (Å²) in [5.74, 6) is -1.20. The number of rotatable bonds is 8. The predicted molar refractivity (Wildman–Crippen MR) is 108 cm³/mol. The average Bonchev–Trinajstić information content (AvgIpc) is 2.93. The lowest BCUT2D eigenvalue weighted by Crippen LogP contribution is -2.30. The average molecular weight is 423 g/mol. The van der Waals surface area contributed by atoms with Crippen molar-refractivity contribution < 1.29 is 22.7 Å². The van der Waals surface area contributed by atoms with Crippen molar-refractivity contribution in [3.05, 3.63) is 41.2 Å². The molecule has 158 valence electrons. The topological polar surface area (TPSA) is 111 Å². The van der Waals surface area contributed by atoms with E-state index >= 15 is 0 Å². The van der Waals surface area contributed by atoms with Crippen LogP contribution in [0.3, 0.4) is 0 Å². The van der Waals surface area contributed by atoms with Gasteiger partial charge in [0.1, 0.15) is 0 Å². The van der Waals surface area contributed by atoms with E-state index in [2.05, 4.69) is 10.4 Å². The number of amides is 1. The van der Waals surface area contributed by atoms with Gasteiger partial charge >= 0.3 is 5.97 Å². The third-order valence-corrected chi connectivity index (χ3v) is 6.61. The lowest BCUT2D eigenvalue weighted by atomic mass is 10.2. The van der Waals surface area contributed by atoms with Crippen LogP contribution < -0.4 is 5.32 Å². The zero-order chi connectivity index (χ0) is 21.8. The number of ether oxygens (including phenoxy) is 1. The van der Waals surface area contributed by atoms with Gasteiger partial charge in [0.15, 0.2) is 6.61 Å². The van der Waals surface area contributed by atoms with E-state index in [0.717, 1.165) is 5.69 Å². The monoisotopic (exact) mass is 422 g/mol. The van der Waals surface area contributed by atoms with Crippen molar-refractivity contribution in [3.8, 4) is 0 Å². The van der Waals surface area contributed by atoms with Crippen LogP contribution in [-0.2, 0) is 26.6 Å². The SMILES string of the molecule is CCN(CC)S(=O)(=O)c1ccc(C(=O)OCC(=O)Nc2c(C)nn(C)c2C)cc1. The Morgan fingerprint density at radius 2 is 1.72 bits per heavy atom. The summed E-state index contributed by atoms with van der Waals surface area (Å²) in [6, 6.07) is 5.44. The predicted octanol–water partition coefficient (Wildman–Crippen LogP) is 1.86. The molecular weight excluding hydrogens is 396 g/mol. The van der Waals surface area contributed by atoms with Crippen LogP contribution in [0, 0.1) is 13.8 Å². The third-order valence-electron chi connectivity index (χ3n) is 4.54. The van der Waals surface area contributed by atoms with Crippen LogP contribution in [0.25, 0.3) is 0 Å². The van der Waals surface area contributed by atoms with Gasteiger partial charge < -0.3 is 10.1 Å². The molecule has 1 N–H and O–H groups in total. The van der Waals surface area contributed by atoms with Gasteiger partial charge in [-0.05, 0) is 38.1 Å². The summed E-state index contributed by atoms with van der Waals surface area (Å²) in [6.07, 6.45) is 0. The highest BCUT2D eigenvalue weighted by Gasteiger charge is 2.22. The second kappa shape index (κ2) is 9.19. The molecule has 1 aromatic carbocycles. The first kappa shape index (κ1) is 22.6. The van der Waals surface area contributed by atoms with E-state index in [9.17, 15) is 18.0 Å². The standard InChI is InChI=1S/C19H26N4O5S/c1-6-23(7-2)29(26,27)16-10-8-15(9-11-16)19(25)28-12-17(24)20-18-13(3)21-22(5)14(18)4/h8-11H,6-7,12H2,1-5H3,(H,20,24). The minimum atomic E-state index is -3.60. The van der Waals surface area contributed by atoms with E-state index in [1.54, 1.807) is 32.5 Å². The molecule has 0 fully saturated rings. The minimum absolute atomic E-state index is 0.0954. The molecule has 1 heterocycles. The molecule has 2 aromatic rings. The van der Waals surface area contributed by atoms with Crippen molar-refractivity contribution in [1.82, 2.24) is 14.1 Å². The van der Waals surface area contributed by atoms with Crippen molar-refractivity contribution in [2.75, 3.05) is 25.0 Å². The number of nitrogens with zero attached hydrogens (tertiary/aromatic N) is 3. The first-order valence-corrected chi connectivity index (χ1v) is 10.6. The lowest BCUT2D eigenvalue weighted by Gasteiger charge is -2.18. The summed E-state index contributed by atoms with van der Waals surface area (Å²) in [5, 5.41) is 6.88. The molecule has 9 nitrogen and oxygen atoms in total. The van der Waals surface area contributed by atoms with Crippen molar-refractivity contribution >= 4 is 27.6 Å². The summed E-state index contributed by atoms with van der Waals surface area (Å²) in [4.78, 5) is 24.3. The highest BCUT2D eigenvalue weighted by atomic mass is 32.2. The Balaban J connectivity index is 2.00. The molecule has 1 aromatic heterocycles. The number of aryl methyl sites for hydroxylation is 2. The normalized spacial score (nSPS) is 11.5. The van der Waals surface area contributed by atoms with Gasteiger partial charge in [0.2, 0.25) is 10.0 Å². The van der Waals surface area contributed by atoms with Gasteiger partial charge in [0.25, 0.3) is 5.91 Å². The van der Waals surface area contributed by atoms with Crippen molar-refractivity contribution in [2.45, 2.75) is 32.6 Å². The molecule has 0 atom stereocenters. The molecule has 0 bridgehead atoms. The molecule has 0 spiro atoms. The highest BCUT2D eigenvalue weighted by molar-refractivity contribution is 7.89. The Morgan fingerprint density at radius 3 is 2.21 bits per heavy atom. The van der Waals surface area contributed by atoms with Crippen LogP contribution in [0.2, 0.25) is 0 Å². The number of carbonyl (C=O) groups excluding carboxylic acids is 2. The van der Waals surface area contributed by atoms with Gasteiger partial charge in [0.05, 0.1) is 27.5 Å². The van der Waals surface area contributed by atoms with Crippen LogP contribution in [-0.4, -0.2) is 54.1 Å². The Kier molecular flexibility index (Phi) is 7.15. The Labute approximate surface area is 170 Å². The number of anilines is 1. The molecule has 0 aliphatic rings. The summed E-state index contributed by atoms with van der Waals surface area (Å²) in [5.41, 5.74) is 2.19. The number of sulfonamides is 1. The zero-order valence-corrected chi connectivity index (χ0v) is 18.0. The van der Waals surface area contributed by atoms with Gasteiger partial charge in [-0.15, -0.1) is 0 Å². The number of esters is 1. The van der Waals surface area contributed by atoms with E-state index < -0.39 is 28.5 Å². The third kappa shape index (κ3) is 5.01. The van der Waals surface area contributed by atoms with Gasteiger partial charge in [-0.25, -0.2) is 13.2 Å². The Morgan fingerprint density at radius 1 is 1.14 bits per heavy atom. The molecule has 2 rings (SSSR count). The number of aromatic nitrogens is 2. The largest absolute Gasteiger partial charge is 0.452 e. The summed E-state index contributed by atoms with van der Waals surface area (Å²) < 4.78 is 32.9. The first-order chi connectivity index (χ1) is 13.6. The Bertz CT molecular complexity index is 992. The molecule has 0 unspecified atom stereocenters. The number of benzene rings is 1. The minimum Gasteiger partial charge on any atom is -0.452 e. The summed E-state index contributed by atoms with van der Waals surface area (Å²) >= 11 is 0. The van der Waals surface area contributed by atoms with E-state index in [4.69, 9.17) is 4.74 Å². The fraction of sp³-hybridized carbons (Fsp3) is 0.421. The van der Waals surface area contributed by atoms with Gasteiger partial charge in [0, 0.05) is 20.1 Å². The van der Waals surface area contributed by atoms with E-state index in [-0.39, 0.29) is 10.5 Å². The molecule has 0 saturated heterocycles. The summed E-state index contributed by atoms with van der Waals surface area (Å²) in [7, 11) is -1.83. The second-order valence-electron chi connectivity index (χ2n) is 6.41.